The lowest BCUT2D eigenvalue weighted by atomic mass is 9.77. The second-order valence-electron chi connectivity index (χ2n) is 6.91. The Balaban J connectivity index is 1.79. The van der Waals surface area contributed by atoms with Gasteiger partial charge in [-0.25, -0.2) is 17.6 Å². The van der Waals surface area contributed by atoms with E-state index in [0.717, 1.165) is 25.0 Å². The monoisotopic (exact) mass is 360 g/mol. The quantitative estimate of drug-likeness (QED) is 0.343. The van der Waals surface area contributed by atoms with Crippen LogP contribution in [0.1, 0.15) is 37.7 Å². The summed E-state index contributed by atoms with van der Waals surface area (Å²) in [5, 5.41) is 0.990. The first-order chi connectivity index (χ1) is 12.4. The van der Waals surface area contributed by atoms with Crippen molar-refractivity contribution in [1.82, 2.24) is 0 Å². The lowest BCUT2D eigenvalue weighted by Crippen LogP contribution is -2.39. The molecule has 1 aliphatic rings. The normalized spacial score (nSPS) is 25.5. The van der Waals surface area contributed by atoms with E-state index in [9.17, 15) is 17.6 Å². The maximum absolute atomic E-state index is 14.9. The third-order valence-electron chi connectivity index (χ3n) is 5.03. The minimum atomic E-state index is -2.16. The molecule has 0 saturated heterocycles. The number of rotatable bonds is 3. The van der Waals surface area contributed by atoms with Gasteiger partial charge in [-0.05, 0) is 73.1 Å². The molecule has 0 amide bonds. The molecule has 3 atom stereocenters. The van der Waals surface area contributed by atoms with Gasteiger partial charge in [0.05, 0.1) is 0 Å². The molecule has 3 unspecified atom stereocenters. The van der Waals surface area contributed by atoms with Crippen LogP contribution in [0.25, 0.3) is 10.8 Å². The van der Waals surface area contributed by atoms with Crippen LogP contribution in [-0.4, -0.2) is 11.8 Å². The Hall–Kier alpha value is -2.28. The lowest BCUT2D eigenvalue weighted by molar-refractivity contribution is 0.0365. The minimum absolute atomic E-state index is 0.0659. The van der Waals surface area contributed by atoms with Crippen LogP contribution in [0.4, 0.5) is 17.6 Å². The molecule has 26 heavy (non-hydrogen) atoms. The van der Waals surface area contributed by atoms with E-state index in [4.69, 9.17) is 0 Å². The van der Waals surface area contributed by atoms with Gasteiger partial charge in [-0.2, -0.15) is 0 Å². The maximum atomic E-state index is 14.9. The lowest BCUT2D eigenvalue weighted by Gasteiger charge is -2.33. The van der Waals surface area contributed by atoms with E-state index in [2.05, 4.69) is 18.4 Å². The van der Waals surface area contributed by atoms with Crippen molar-refractivity contribution in [2.24, 2.45) is 5.92 Å². The Morgan fingerprint density at radius 3 is 2.58 bits per heavy atom. The summed E-state index contributed by atoms with van der Waals surface area (Å²) in [4.78, 5) is 0. The van der Waals surface area contributed by atoms with E-state index in [1.165, 1.54) is 0 Å². The van der Waals surface area contributed by atoms with Crippen LogP contribution >= 0.6 is 0 Å². The molecule has 0 spiro atoms. The van der Waals surface area contributed by atoms with Crippen molar-refractivity contribution in [3.63, 3.8) is 0 Å². The predicted molar refractivity (Wildman–Crippen MR) is 96.2 cm³/mol. The number of allylic oxidation sites excluding steroid dienone is 1. The molecular formula is C22H20F4. The summed E-state index contributed by atoms with van der Waals surface area (Å²) in [5.74, 6) is 3.41. The van der Waals surface area contributed by atoms with Crippen molar-refractivity contribution >= 4 is 10.8 Å². The highest BCUT2D eigenvalue weighted by molar-refractivity contribution is 5.84. The van der Waals surface area contributed by atoms with Crippen molar-refractivity contribution in [3.05, 3.63) is 60.2 Å². The molecule has 1 fully saturated rings. The largest absolute Gasteiger partial charge is 0.243 e. The van der Waals surface area contributed by atoms with E-state index in [-0.39, 0.29) is 18.8 Å². The van der Waals surface area contributed by atoms with E-state index >= 15 is 0 Å². The zero-order chi connectivity index (χ0) is 18.7. The summed E-state index contributed by atoms with van der Waals surface area (Å²) in [7, 11) is 0. The van der Waals surface area contributed by atoms with E-state index < -0.39 is 23.5 Å². The first kappa shape index (κ1) is 18.5. The zero-order valence-corrected chi connectivity index (χ0v) is 14.4. The van der Waals surface area contributed by atoms with Gasteiger partial charge in [0, 0.05) is 5.56 Å². The molecule has 2 aromatic rings. The fraction of sp³-hybridized carbons (Fsp3) is 0.364. The second kappa shape index (κ2) is 7.53. The van der Waals surface area contributed by atoms with Crippen LogP contribution in [0, 0.1) is 29.4 Å². The molecule has 0 bridgehead atoms. The van der Waals surface area contributed by atoms with E-state index in [0.29, 0.717) is 22.8 Å². The molecule has 0 heterocycles. The molecule has 4 heteroatoms. The van der Waals surface area contributed by atoms with Gasteiger partial charge in [0.1, 0.15) is 6.17 Å². The average Bonchev–Trinajstić information content (AvgIpc) is 2.62. The minimum Gasteiger partial charge on any atom is -0.243 e. The van der Waals surface area contributed by atoms with E-state index in [1.54, 1.807) is 24.3 Å². The van der Waals surface area contributed by atoms with Crippen molar-refractivity contribution in [3.8, 4) is 11.8 Å². The van der Waals surface area contributed by atoms with Crippen LogP contribution < -0.4 is 0 Å². The summed E-state index contributed by atoms with van der Waals surface area (Å²) < 4.78 is 55.9. The highest BCUT2D eigenvalue weighted by atomic mass is 19.2. The number of hydrogen-bond acceptors (Lipinski definition) is 0. The summed E-state index contributed by atoms with van der Waals surface area (Å²) >= 11 is 0. The third-order valence-corrected chi connectivity index (χ3v) is 5.03. The fourth-order valence-corrected chi connectivity index (χ4v) is 3.42. The van der Waals surface area contributed by atoms with Crippen molar-refractivity contribution in [1.29, 1.82) is 0 Å². The second-order valence-corrected chi connectivity index (χ2v) is 6.91. The van der Waals surface area contributed by atoms with E-state index in [1.807, 2.05) is 0 Å². The van der Waals surface area contributed by atoms with Crippen LogP contribution in [0.15, 0.2) is 43.0 Å². The Labute approximate surface area is 150 Å². The van der Waals surface area contributed by atoms with Crippen LogP contribution in [-0.2, 0) is 0 Å². The molecule has 2 aromatic carbocycles. The highest BCUT2D eigenvalue weighted by Gasteiger charge is 2.43. The average molecular weight is 360 g/mol. The molecule has 0 N–H and O–H groups in total. The van der Waals surface area contributed by atoms with Gasteiger partial charge in [0.25, 0.3) is 0 Å². The molecule has 0 aromatic heterocycles. The van der Waals surface area contributed by atoms with Crippen molar-refractivity contribution in [2.75, 3.05) is 0 Å². The summed E-state index contributed by atoms with van der Waals surface area (Å²) in [6.45, 7) is 3.65. The summed E-state index contributed by atoms with van der Waals surface area (Å²) in [6.07, 6.45) is 2.63. The Kier molecular flexibility index (Phi) is 5.36. The Morgan fingerprint density at radius 1 is 1.15 bits per heavy atom. The van der Waals surface area contributed by atoms with Gasteiger partial charge < -0.3 is 0 Å². The van der Waals surface area contributed by atoms with Gasteiger partial charge in [-0.3, -0.25) is 0 Å². The van der Waals surface area contributed by atoms with Gasteiger partial charge in [0.15, 0.2) is 11.6 Å². The first-order valence-corrected chi connectivity index (χ1v) is 8.77. The fourth-order valence-electron chi connectivity index (χ4n) is 3.42. The SMILES string of the molecule is C=CCCC1CCC(F)(C#Cc2ccc3cc(F)c(F)cc3c2)C(F)C1. The molecule has 0 radical (unpaired) electrons. The molecule has 136 valence electrons. The summed E-state index contributed by atoms with van der Waals surface area (Å²) in [5.41, 5.74) is -1.71. The van der Waals surface area contributed by atoms with Gasteiger partial charge in [-0.1, -0.05) is 24.0 Å². The topological polar surface area (TPSA) is 0 Å². The maximum Gasteiger partial charge on any atom is 0.202 e. The van der Waals surface area contributed by atoms with Gasteiger partial charge >= 0.3 is 0 Å². The number of benzene rings is 2. The van der Waals surface area contributed by atoms with Crippen LogP contribution in [0.2, 0.25) is 0 Å². The number of hydrogen-bond donors (Lipinski definition) is 0. The first-order valence-electron chi connectivity index (χ1n) is 8.77. The Morgan fingerprint density at radius 2 is 1.88 bits per heavy atom. The molecule has 1 saturated carbocycles. The number of alkyl halides is 2. The molecule has 1 aliphatic carbocycles. The highest BCUT2D eigenvalue weighted by Crippen LogP contribution is 2.39. The predicted octanol–water partition coefficient (Wildman–Crippen LogP) is 6.28. The molecule has 0 aliphatic heterocycles. The third kappa shape index (κ3) is 3.93. The standard InChI is InChI=1S/C22H20F4/c1-2-3-4-15-7-9-22(26,21(25)12-15)10-8-16-5-6-17-13-19(23)20(24)14-18(17)11-16/h2,5-6,11,13-15,21H,1,3-4,7,9,12H2. The molecule has 3 rings (SSSR count). The Bertz CT molecular complexity index is 877. The number of halogens is 4. The van der Waals surface area contributed by atoms with Gasteiger partial charge in [0.2, 0.25) is 5.67 Å². The molecular weight excluding hydrogens is 340 g/mol. The van der Waals surface area contributed by atoms with Crippen molar-refractivity contribution < 1.29 is 17.6 Å². The van der Waals surface area contributed by atoms with Crippen LogP contribution in [0.5, 0.6) is 0 Å². The van der Waals surface area contributed by atoms with Crippen molar-refractivity contribution in [2.45, 2.75) is 43.9 Å². The smallest absolute Gasteiger partial charge is 0.202 e. The molecule has 0 nitrogen and oxygen atoms in total. The number of fused-ring (bicyclic) bond motifs is 1. The summed E-state index contributed by atoms with van der Waals surface area (Å²) in [6, 6.07) is 6.91. The van der Waals surface area contributed by atoms with Gasteiger partial charge in [-0.15, -0.1) is 6.58 Å². The zero-order valence-electron chi connectivity index (χ0n) is 14.4. The van der Waals surface area contributed by atoms with Crippen LogP contribution in [0.3, 0.4) is 0 Å².